The number of sulfonamides is 1. The molecule has 0 spiro atoms. The van der Waals surface area contributed by atoms with Crippen molar-refractivity contribution in [2.45, 2.75) is 38.1 Å². The molecule has 2 aliphatic rings. The van der Waals surface area contributed by atoms with Gasteiger partial charge in [-0.25, -0.2) is 8.42 Å². The number of anilines is 1. The molecular formula is C16H22N2O3S. The fourth-order valence-corrected chi connectivity index (χ4v) is 4.61. The summed E-state index contributed by atoms with van der Waals surface area (Å²) in [4.78, 5) is 14.8. The Bertz CT molecular complexity index is 672. The number of piperidine rings is 1. The molecule has 3 rings (SSSR count). The van der Waals surface area contributed by atoms with Gasteiger partial charge < -0.3 is 4.90 Å². The van der Waals surface area contributed by atoms with E-state index in [1.807, 2.05) is 24.3 Å². The van der Waals surface area contributed by atoms with Crippen molar-refractivity contribution < 1.29 is 13.2 Å². The number of carbonyl (C=O) groups is 1. The lowest BCUT2D eigenvalue weighted by atomic mass is 9.98. The number of carbonyl (C=O) groups excluding carboxylic acids is 1. The zero-order valence-corrected chi connectivity index (χ0v) is 13.7. The van der Waals surface area contributed by atoms with E-state index in [1.54, 1.807) is 4.90 Å². The number of aryl methyl sites for hydroxylation is 1. The molecule has 0 aliphatic carbocycles. The third kappa shape index (κ3) is 2.90. The second-order valence-electron chi connectivity index (χ2n) is 6.11. The van der Waals surface area contributed by atoms with Gasteiger partial charge in [0, 0.05) is 18.8 Å². The predicted molar refractivity (Wildman–Crippen MR) is 86.3 cm³/mol. The monoisotopic (exact) mass is 322 g/mol. The quantitative estimate of drug-likeness (QED) is 0.834. The number of benzene rings is 1. The van der Waals surface area contributed by atoms with Gasteiger partial charge in [-0.1, -0.05) is 24.6 Å². The molecule has 6 heteroatoms. The summed E-state index contributed by atoms with van der Waals surface area (Å²) in [6.07, 6.45) is 5.44. The number of amides is 1. The molecule has 1 amide bonds. The molecule has 2 aliphatic heterocycles. The van der Waals surface area contributed by atoms with Gasteiger partial charge in [0.25, 0.3) is 0 Å². The molecule has 1 atom stereocenters. The van der Waals surface area contributed by atoms with Crippen LogP contribution in [0.25, 0.3) is 0 Å². The summed E-state index contributed by atoms with van der Waals surface area (Å²) in [6, 6.07) is 7.37. The Balaban J connectivity index is 1.90. The summed E-state index contributed by atoms with van der Waals surface area (Å²) in [5, 5.41) is 0. The van der Waals surface area contributed by atoms with Crippen molar-refractivity contribution in [1.82, 2.24) is 4.31 Å². The number of nitrogens with zero attached hydrogens (tertiary/aromatic N) is 2. The summed E-state index contributed by atoms with van der Waals surface area (Å²) in [5.41, 5.74) is 2.11. The van der Waals surface area contributed by atoms with Crippen LogP contribution >= 0.6 is 0 Å². The summed E-state index contributed by atoms with van der Waals surface area (Å²) in [7, 11) is -3.35. The van der Waals surface area contributed by atoms with E-state index >= 15 is 0 Å². The van der Waals surface area contributed by atoms with E-state index < -0.39 is 16.1 Å². The van der Waals surface area contributed by atoms with Crippen molar-refractivity contribution in [1.29, 1.82) is 0 Å². The molecule has 1 saturated heterocycles. The largest absolute Gasteiger partial charge is 0.311 e. The van der Waals surface area contributed by atoms with E-state index in [0.29, 0.717) is 19.5 Å². The first-order valence-corrected chi connectivity index (χ1v) is 9.69. The fourth-order valence-electron chi connectivity index (χ4n) is 3.49. The van der Waals surface area contributed by atoms with Crippen LogP contribution < -0.4 is 4.90 Å². The standard InChI is InChI=1S/C16H22N2O3S/c1-22(20,21)18-12-5-4-10-15(18)16(19)17-11-6-8-13-7-2-3-9-14(13)17/h2-3,7,9,15H,4-6,8,10-12H2,1H3. The first-order chi connectivity index (χ1) is 10.5. The van der Waals surface area contributed by atoms with E-state index in [0.717, 1.165) is 31.4 Å². The molecule has 0 saturated carbocycles. The summed E-state index contributed by atoms with van der Waals surface area (Å²) in [5.74, 6) is -0.0720. The lowest BCUT2D eigenvalue weighted by Crippen LogP contribution is -2.53. The second kappa shape index (κ2) is 6.01. The molecule has 120 valence electrons. The maximum atomic E-state index is 13.0. The topological polar surface area (TPSA) is 57.7 Å². The van der Waals surface area contributed by atoms with Crippen LogP contribution in [0.5, 0.6) is 0 Å². The molecule has 22 heavy (non-hydrogen) atoms. The Morgan fingerprint density at radius 1 is 1.14 bits per heavy atom. The third-order valence-electron chi connectivity index (χ3n) is 4.54. The highest BCUT2D eigenvalue weighted by atomic mass is 32.2. The molecule has 1 unspecified atom stereocenters. The summed E-state index contributed by atoms with van der Waals surface area (Å²) < 4.78 is 25.4. The van der Waals surface area contributed by atoms with Gasteiger partial charge >= 0.3 is 0 Å². The van der Waals surface area contributed by atoms with Gasteiger partial charge in [0.1, 0.15) is 6.04 Å². The van der Waals surface area contributed by atoms with Gasteiger partial charge in [0.15, 0.2) is 0 Å². The SMILES string of the molecule is CS(=O)(=O)N1CCCCC1C(=O)N1CCCc2ccccc21. The van der Waals surface area contributed by atoms with Crippen molar-refractivity contribution in [3.05, 3.63) is 29.8 Å². The minimum atomic E-state index is -3.35. The van der Waals surface area contributed by atoms with Crippen molar-refractivity contribution in [3.8, 4) is 0 Å². The van der Waals surface area contributed by atoms with Crippen LogP contribution in [0.4, 0.5) is 5.69 Å². The summed E-state index contributed by atoms with van der Waals surface area (Å²) >= 11 is 0. The third-order valence-corrected chi connectivity index (χ3v) is 5.83. The average molecular weight is 322 g/mol. The Labute approximate surface area is 132 Å². The Hall–Kier alpha value is -1.40. The number of para-hydroxylation sites is 1. The maximum Gasteiger partial charge on any atom is 0.245 e. The van der Waals surface area contributed by atoms with Gasteiger partial charge in [-0.3, -0.25) is 4.79 Å². The van der Waals surface area contributed by atoms with Crippen LogP contribution in [0.2, 0.25) is 0 Å². The van der Waals surface area contributed by atoms with Gasteiger partial charge in [-0.05, 0) is 37.3 Å². The Morgan fingerprint density at radius 3 is 2.68 bits per heavy atom. The van der Waals surface area contributed by atoms with Gasteiger partial charge in [0.2, 0.25) is 15.9 Å². The molecule has 1 aromatic carbocycles. The van der Waals surface area contributed by atoms with Crippen LogP contribution in [0.3, 0.4) is 0 Å². The molecular weight excluding hydrogens is 300 g/mol. The molecule has 0 N–H and O–H groups in total. The highest BCUT2D eigenvalue weighted by Crippen LogP contribution is 2.30. The lowest BCUT2D eigenvalue weighted by Gasteiger charge is -2.38. The molecule has 0 radical (unpaired) electrons. The molecule has 0 bridgehead atoms. The minimum Gasteiger partial charge on any atom is -0.311 e. The van der Waals surface area contributed by atoms with Crippen molar-refractivity contribution in [2.75, 3.05) is 24.2 Å². The Morgan fingerprint density at radius 2 is 1.91 bits per heavy atom. The molecule has 2 heterocycles. The number of hydrogen-bond donors (Lipinski definition) is 0. The zero-order valence-electron chi connectivity index (χ0n) is 12.9. The van der Waals surface area contributed by atoms with Gasteiger partial charge in [-0.15, -0.1) is 0 Å². The maximum absolute atomic E-state index is 13.0. The van der Waals surface area contributed by atoms with Gasteiger partial charge in [0.05, 0.1) is 6.26 Å². The van der Waals surface area contributed by atoms with Crippen LogP contribution in [-0.4, -0.2) is 44.0 Å². The number of rotatable bonds is 2. The zero-order chi connectivity index (χ0) is 15.7. The van der Waals surface area contributed by atoms with E-state index in [9.17, 15) is 13.2 Å². The van der Waals surface area contributed by atoms with Crippen molar-refractivity contribution >= 4 is 21.6 Å². The first kappa shape index (κ1) is 15.5. The fraction of sp³-hybridized carbons (Fsp3) is 0.562. The van der Waals surface area contributed by atoms with Crippen LogP contribution in [0, 0.1) is 0 Å². The van der Waals surface area contributed by atoms with E-state index in [2.05, 4.69) is 0 Å². The molecule has 1 fully saturated rings. The Kier molecular flexibility index (Phi) is 4.23. The van der Waals surface area contributed by atoms with Crippen molar-refractivity contribution in [3.63, 3.8) is 0 Å². The number of hydrogen-bond acceptors (Lipinski definition) is 3. The first-order valence-electron chi connectivity index (χ1n) is 7.84. The van der Waals surface area contributed by atoms with Gasteiger partial charge in [-0.2, -0.15) is 4.31 Å². The van der Waals surface area contributed by atoms with E-state index in [4.69, 9.17) is 0 Å². The van der Waals surface area contributed by atoms with E-state index in [1.165, 1.54) is 16.1 Å². The number of fused-ring (bicyclic) bond motifs is 1. The van der Waals surface area contributed by atoms with E-state index in [-0.39, 0.29) is 5.91 Å². The predicted octanol–water partition coefficient (Wildman–Crippen LogP) is 1.78. The molecule has 5 nitrogen and oxygen atoms in total. The highest BCUT2D eigenvalue weighted by Gasteiger charge is 2.38. The molecule has 1 aromatic rings. The smallest absolute Gasteiger partial charge is 0.245 e. The second-order valence-corrected chi connectivity index (χ2v) is 8.04. The van der Waals surface area contributed by atoms with Crippen LogP contribution in [0.1, 0.15) is 31.2 Å². The molecule has 0 aromatic heterocycles. The minimum absolute atomic E-state index is 0.0720. The lowest BCUT2D eigenvalue weighted by molar-refractivity contribution is -0.123. The summed E-state index contributed by atoms with van der Waals surface area (Å²) in [6.45, 7) is 1.12. The normalized spacial score (nSPS) is 23.1. The average Bonchev–Trinajstić information content (AvgIpc) is 2.53. The highest BCUT2D eigenvalue weighted by molar-refractivity contribution is 7.88. The van der Waals surface area contributed by atoms with Crippen molar-refractivity contribution in [2.24, 2.45) is 0 Å². The van der Waals surface area contributed by atoms with Crippen LogP contribution in [-0.2, 0) is 21.2 Å². The van der Waals surface area contributed by atoms with Crippen LogP contribution in [0.15, 0.2) is 24.3 Å².